The Morgan fingerprint density at radius 3 is 2.76 bits per heavy atom. The second-order valence-corrected chi connectivity index (χ2v) is 5.57. The molecule has 3 rings (SSSR count). The number of rotatable bonds is 4. The molecular weight excluding hydrogens is 343 g/mol. The van der Waals surface area contributed by atoms with Gasteiger partial charge in [-0.3, -0.25) is 19.2 Å². The van der Waals surface area contributed by atoms with Crippen molar-refractivity contribution in [2.45, 2.75) is 31.6 Å². The average Bonchev–Trinajstić information content (AvgIpc) is 3.19. The van der Waals surface area contributed by atoms with Crippen molar-refractivity contribution >= 4 is 17.7 Å². The summed E-state index contributed by atoms with van der Waals surface area (Å²) in [5, 5.41) is 16.3. The third-order valence-corrected chi connectivity index (χ3v) is 3.91. The Labute approximate surface area is 139 Å². The maximum atomic E-state index is 13.1. The Bertz CT molecular complexity index is 798. The summed E-state index contributed by atoms with van der Waals surface area (Å²) in [7, 11) is 0. The first-order valence-electron chi connectivity index (χ1n) is 7.43. The predicted molar refractivity (Wildman–Crippen MR) is 78.1 cm³/mol. The van der Waals surface area contributed by atoms with E-state index in [1.54, 1.807) is 0 Å². The lowest BCUT2D eigenvalue weighted by Crippen LogP contribution is -2.43. The minimum absolute atomic E-state index is 0.0665. The minimum atomic E-state index is -4.45. The quantitative estimate of drug-likeness (QED) is 0.899. The number of hydrogen-bond donors (Lipinski definition) is 1. The zero-order valence-corrected chi connectivity index (χ0v) is 12.8. The first-order valence-corrected chi connectivity index (χ1v) is 7.43. The maximum absolute atomic E-state index is 13.1. The smallest absolute Gasteiger partial charge is 0.410 e. The molecule has 0 bridgehead atoms. The van der Waals surface area contributed by atoms with Crippen molar-refractivity contribution in [1.29, 1.82) is 0 Å². The van der Waals surface area contributed by atoms with Gasteiger partial charge < -0.3 is 5.11 Å². The number of anilines is 1. The van der Waals surface area contributed by atoms with Crippen LogP contribution in [0.4, 0.5) is 19.0 Å². The van der Waals surface area contributed by atoms with Crippen LogP contribution in [0.15, 0.2) is 24.7 Å². The Kier molecular flexibility index (Phi) is 4.23. The number of alkyl halides is 3. The number of nitrogens with zero attached hydrogens (tertiary/aromatic N) is 5. The fourth-order valence-corrected chi connectivity index (χ4v) is 2.72. The number of aryl methyl sites for hydroxylation is 1. The molecule has 0 fully saturated rings. The lowest BCUT2D eigenvalue weighted by molar-refractivity contribution is -0.172. The van der Waals surface area contributed by atoms with Crippen LogP contribution in [0.3, 0.4) is 0 Å². The van der Waals surface area contributed by atoms with Crippen LogP contribution in [0.25, 0.3) is 0 Å². The van der Waals surface area contributed by atoms with Gasteiger partial charge in [-0.15, -0.1) is 0 Å². The molecular formula is C14H14F3N5O3. The van der Waals surface area contributed by atoms with Crippen molar-refractivity contribution in [1.82, 2.24) is 19.6 Å². The van der Waals surface area contributed by atoms with E-state index >= 15 is 0 Å². The van der Waals surface area contributed by atoms with Crippen LogP contribution in [0.1, 0.15) is 29.2 Å². The van der Waals surface area contributed by atoms with Crippen molar-refractivity contribution in [2.24, 2.45) is 0 Å². The summed E-state index contributed by atoms with van der Waals surface area (Å²) in [5.41, 5.74) is 0.170. The summed E-state index contributed by atoms with van der Waals surface area (Å²) in [5.74, 6) is -1.44. The number of hydrogen-bond acceptors (Lipinski definition) is 4. The normalized spacial score (nSPS) is 17.4. The fraction of sp³-hybridized carbons (Fsp3) is 0.429. The van der Waals surface area contributed by atoms with E-state index in [-0.39, 0.29) is 37.3 Å². The number of carbonyl (C=O) groups excluding carboxylic acids is 1. The zero-order chi connectivity index (χ0) is 18.2. The highest BCUT2D eigenvalue weighted by Crippen LogP contribution is 2.39. The van der Waals surface area contributed by atoms with Crippen LogP contribution < -0.4 is 4.90 Å². The van der Waals surface area contributed by atoms with Gasteiger partial charge in [-0.2, -0.15) is 23.4 Å². The zero-order valence-electron chi connectivity index (χ0n) is 12.8. The SMILES string of the molecule is O=C(O)CCn1cc(C(=O)N2CCC(C(F)(F)F)n3nccc32)cn1. The molecule has 25 heavy (non-hydrogen) atoms. The summed E-state index contributed by atoms with van der Waals surface area (Å²) in [6.45, 7) is -0.00823. The highest BCUT2D eigenvalue weighted by molar-refractivity contribution is 6.05. The number of carboxylic acids is 1. The van der Waals surface area contributed by atoms with Gasteiger partial charge in [-0.25, -0.2) is 4.68 Å². The second-order valence-electron chi connectivity index (χ2n) is 5.57. The predicted octanol–water partition coefficient (Wildman–Crippen LogP) is 1.71. The first-order chi connectivity index (χ1) is 11.8. The molecule has 1 aliphatic heterocycles. The van der Waals surface area contributed by atoms with Crippen LogP contribution in [0, 0.1) is 0 Å². The molecule has 3 heterocycles. The number of carboxylic acid groups (broad SMARTS) is 1. The van der Waals surface area contributed by atoms with Crippen molar-refractivity contribution in [3.8, 4) is 0 Å². The van der Waals surface area contributed by atoms with Gasteiger partial charge in [0.1, 0.15) is 5.82 Å². The van der Waals surface area contributed by atoms with Crippen molar-refractivity contribution in [3.63, 3.8) is 0 Å². The van der Waals surface area contributed by atoms with Crippen LogP contribution in [0.2, 0.25) is 0 Å². The number of carbonyl (C=O) groups is 2. The molecule has 0 aliphatic carbocycles. The Hall–Kier alpha value is -2.85. The van der Waals surface area contributed by atoms with E-state index in [0.717, 1.165) is 4.68 Å². The minimum Gasteiger partial charge on any atom is -0.481 e. The summed E-state index contributed by atoms with van der Waals surface area (Å²) < 4.78 is 41.3. The van der Waals surface area contributed by atoms with E-state index in [1.807, 2.05) is 0 Å². The van der Waals surface area contributed by atoms with Gasteiger partial charge in [0, 0.05) is 18.8 Å². The number of aromatic nitrogens is 4. The van der Waals surface area contributed by atoms with Gasteiger partial charge in [0.05, 0.1) is 30.9 Å². The average molecular weight is 357 g/mol. The van der Waals surface area contributed by atoms with Gasteiger partial charge in [0.25, 0.3) is 5.91 Å². The van der Waals surface area contributed by atoms with Crippen molar-refractivity contribution in [3.05, 3.63) is 30.2 Å². The third kappa shape index (κ3) is 3.35. The number of halogens is 3. The topological polar surface area (TPSA) is 93.2 Å². The van der Waals surface area contributed by atoms with E-state index in [9.17, 15) is 22.8 Å². The number of fused-ring (bicyclic) bond motifs is 1. The molecule has 1 unspecified atom stereocenters. The molecule has 0 saturated heterocycles. The van der Waals surface area contributed by atoms with Crippen LogP contribution in [-0.4, -0.2) is 49.3 Å². The van der Waals surface area contributed by atoms with E-state index in [2.05, 4.69) is 10.2 Å². The molecule has 8 nitrogen and oxygen atoms in total. The fourth-order valence-electron chi connectivity index (χ4n) is 2.72. The molecule has 2 aromatic heterocycles. The van der Waals surface area contributed by atoms with E-state index in [0.29, 0.717) is 0 Å². The first kappa shape index (κ1) is 17.0. The molecule has 0 saturated carbocycles. The molecule has 2 aromatic rings. The van der Waals surface area contributed by atoms with Gasteiger partial charge >= 0.3 is 12.1 Å². The third-order valence-electron chi connectivity index (χ3n) is 3.91. The van der Waals surface area contributed by atoms with Crippen LogP contribution in [-0.2, 0) is 11.3 Å². The lowest BCUT2D eigenvalue weighted by Gasteiger charge is -2.33. The Morgan fingerprint density at radius 2 is 2.08 bits per heavy atom. The van der Waals surface area contributed by atoms with Crippen molar-refractivity contribution < 1.29 is 27.9 Å². The molecule has 0 radical (unpaired) electrons. The molecule has 0 spiro atoms. The monoisotopic (exact) mass is 357 g/mol. The molecule has 1 N–H and O–H groups in total. The largest absolute Gasteiger partial charge is 0.481 e. The highest BCUT2D eigenvalue weighted by Gasteiger charge is 2.45. The number of aliphatic carboxylic acids is 1. The van der Waals surface area contributed by atoms with E-state index < -0.39 is 24.1 Å². The standard InChI is InChI=1S/C14H14F3N5O3/c15-14(16,17)10-2-6-21(11-1-4-18-22(10)11)13(25)9-7-19-20(8-9)5-3-12(23)24/h1,4,7-8,10H,2-3,5-6H2,(H,23,24). The van der Waals surface area contributed by atoms with Gasteiger partial charge in [-0.05, 0) is 6.42 Å². The molecule has 1 atom stereocenters. The van der Waals surface area contributed by atoms with Crippen molar-refractivity contribution in [2.75, 3.05) is 11.4 Å². The molecule has 11 heteroatoms. The molecule has 0 aromatic carbocycles. The molecule has 1 aliphatic rings. The maximum Gasteiger partial charge on any atom is 0.410 e. The summed E-state index contributed by atoms with van der Waals surface area (Å²) in [4.78, 5) is 24.4. The number of amides is 1. The van der Waals surface area contributed by atoms with E-state index in [1.165, 1.54) is 34.2 Å². The van der Waals surface area contributed by atoms with Gasteiger partial charge in [-0.1, -0.05) is 0 Å². The molecule has 1 amide bonds. The van der Waals surface area contributed by atoms with Gasteiger partial charge in [0.2, 0.25) is 0 Å². The van der Waals surface area contributed by atoms with Gasteiger partial charge in [0.15, 0.2) is 6.04 Å². The highest BCUT2D eigenvalue weighted by atomic mass is 19.4. The molecule has 134 valence electrons. The summed E-state index contributed by atoms with van der Waals surface area (Å²) >= 11 is 0. The van der Waals surface area contributed by atoms with Crippen LogP contribution in [0.5, 0.6) is 0 Å². The second kappa shape index (κ2) is 6.22. The Balaban J connectivity index is 1.80. The van der Waals surface area contributed by atoms with E-state index in [4.69, 9.17) is 5.11 Å². The Morgan fingerprint density at radius 1 is 1.32 bits per heavy atom. The summed E-state index contributed by atoms with van der Waals surface area (Å²) in [6.07, 6.45) is -1.04. The summed E-state index contributed by atoms with van der Waals surface area (Å²) in [6, 6.07) is -0.412. The van der Waals surface area contributed by atoms with Crippen LogP contribution >= 0.6 is 0 Å². The lowest BCUT2D eigenvalue weighted by atomic mass is 10.1.